The molecule has 2 N–H and O–H groups in total. The Hall–Kier alpha value is -2.33. The lowest BCUT2D eigenvalue weighted by molar-refractivity contribution is -0.192. The van der Waals surface area contributed by atoms with Crippen molar-refractivity contribution < 1.29 is 32.6 Å². The van der Waals surface area contributed by atoms with Gasteiger partial charge in [0.1, 0.15) is 5.60 Å². The summed E-state index contributed by atoms with van der Waals surface area (Å²) < 4.78 is 37.1. The number of nitrogens with zero attached hydrogens (tertiary/aromatic N) is 2. The molecule has 0 aromatic heterocycles. The van der Waals surface area contributed by atoms with Crippen molar-refractivity contribution in [3.8, 4) is 0 Å². The van der Waals surface area contributed by atoms with Crippen LogP contribution >= 0.6 is 0 Å². The van der Waals surface area contributed by atoms with Crippen molar-refractivity contribution in [3.63, 3.8) is 0 Å². The number of rotatable bonds is 5. The highest BCUT2D eigenvalue weighted by molar-refractivity contribution is 5.73. The molecule has 1 amide bonds. The third kappa shape index (κ3) is 10.7. The molecule has 2 unspecified atom stereocenters. The minimum Gasteiger partial charge on any atom is -0.475 e. The molecule has 2 fully saturated rings. The Labute approximate surface area is 199 Å². The average molecular weight is 488 g/mol. The van der Waals surface area contributed by atoms with Crippen LogP contribution in [0.3, 0.4) is 0 Å². The first-order valence-corrected chi connectivity index (χ1v) is 11.6. The van der Waals surface area contributed by atoms with E-state index < -0.39 is 17.7 Å². The van der Waals surface area contributed by atoms with Crippen molar-refractivity contribution in [2.75, 3.05) is 32.7 Å². The number of amides is 1. The number of alkyl carbamates (subject to hydrolysis) is 1. The largest absolute Gasteiger partial charge is 0.490 e. The molecule has 0 radical (unpaired) electrons. The van der Waals surface area contributed by atoms with Crippen LogP contribution in [0.1, 0.15) is 45.6 Å². The molecular formula is C24H36F3N3O4. The molecule has 192 valence electrons. The number of carbonyl (C=O) groups excluding carboxylic acids is 1. The number of halogens is 3. The van der Waals surface area contributed by atoms with Crippen LogP contribution in [0, 0.1) is 5.92 Å². The lowest BCUT2D eigenvalue weighted by Gasteiger charge is -2.36. The SMILES string of the molecule is CC(C)(C)OC(=O)NC1CCC(CN2CCN(Cc3ccccc3)CC2)C1.O=C(O)C(F)(F)F. The Morgan fingerprint density at radius 2 is 1.59 bits per heavy atom. The molecule has 2 aliphatic rings. The lowest BCUT2D eigenvalue weighted by Crippen LogP contribution is -2.47. The fourth-order valence-electron chi connectivity index (χ4n) is 4.18. The Bertz CT molecular complexity index is 776. The fraction of sp³-hybridized carbons (Fsp3) is 0.667. The molecule has 1 aliphatic carbocycles. The number of piperazine rings is 1. The highest BCUT2D eigenvalue weighted by Gasteiger charge is 2.38. The molecule has 0 spiro atoms. The van der Waals surface area contributed by atoms with E-state index in [4.69, 9.17) is 14.6 Å². The summed E-state index contributed by atoms with van der Waals surface area (Å²) in [5.74, 6) is -2.07. The second-order valence-electron chi connectivity index (χ2n) is 9.89. The lowest BCUT2D eigenvalue weighted by atomic mass is 10.1. The summed E-state index contributed by atoms with van der Waals surface area (Å²) in [7, 11) is 0. The predicted octanol–water partition coefficient (Wildman–Crippen LogP) is 4.13. The van der Waals surface area contributed by atoms with Crippen molar-refractivity contribution in [1.29, 1.82) is 0 Å². The van der Waals surface area contributed by atoms with Gasteiger partial charge in [-0.3, -0.25) is 4.90 Å². The van der Waals surface area contributed by atoms with Gasteiger partial charge >= 0.3 is 18.2 Å². The van der Waals surface area contributed by atoms with Gasteiger partial charge in [0.25, 0.3) is 0 Å². The third-order valence-electron chi connectivity index (χ3n) is 5.73. The second kappa shape index (κ2) is 12.4. The Morgan fingerprint density at radius 3 is 2.12 bits per heavy atom. The van der Waals surface area contributed by atoms with E-state index in [1.165, 1.54) is 12.0 Å². The maximum Gasteiger partial charge on any atom is 0.490 e. The van der Waals surface area contributed by atoms with Crippen LogP contribution < -0.4 is 5.32 Å². The number of carboxylic acid groups (broad SMARTS) is 1. The van der Waals surface area contributed by atoms with E-state index in [1.54, 1.807) is 0 Å². The number of ether oxygens (including phenoxy) is 1. The van der Waals surface area contributed by atoms with Gasteiger partial charge in [0.15, 0.2) is 0 Å². The number of hydrogen-bond acceptors (Lipinski definition) is 5. The second-order valence-corrected chi connectivity index (χ2v) is 9.89. The minimum atomic E-state index is -5.08. The first-order chi connectivity index (χ1) is 15.8. The van der Waals surface area contributed by atoms with Gasteiger partial charge < -0.3 is 20.1 Å². The molecule has 0 bridgehead atoms. The van der Waals surface area contributed by atoms with Crippen molar-refractivity contribution >= 4 is 12.1 Å². The average Bonchev–Trinajstić information content (AvgIpc) is 3.15. The van der Waals surface area contributed by atoms with E-state index in [0.717, 1.165) is 52.1 Å². The normalized spacial score (nSPS) is 21.9. The van der Waals surface area contributed by atoms with Gasteiger partial charge in [-0.25, -0.2) is 9.59 Å². The first kappa shape index (κ1) is 27.9. The maximum absolute atomic E-state index is 11.9. The molecule has 3 rings (SSSR count). The number of benzene rings is 1. The quantitative estimate of drug-likeness (QED) is 0.650. The summed E-state index contributed by atoms with van der Waals surface area (Å²) in [6, 6.07) is 11.0. The van der Waals surface area contributed by atoms with E-state index in [0.29, 0.717) is 5.92 Å². The van der Waals surface area contributed by atoms with E-state index in [2.05, 4.69) is 45.4 Å². The van der Waals surface area contributed by atoms with Gasteiger partial charge in [0, 0.05) is 45.3 Å². The van der Waals surface area contributed by atoms with E-state index in [9.17, 15) is 18.0 Å². The van der Waals surface area contributed by atoms with E-state index in [1.807, 2.05) is 20.8 Å². The Balaban J connectivity index is 0.000000509. The number of alkyl halides is 3. The Kier molecular flexibility index (Phi) is 10.2. The van der Waals surface area contributed by atoms with Gasteiger partial charge in [-0.15, -0.1) is 0 Å². The number of aliphatic carboxylic acids is 1. The van der Waals surface area contributed by atoms with Gasteiger partial charge in [0.2, 0.25) is 0 Å². The number of nitrogens with one attached hydrogen (secondary N) is 1. The summed E-state index contributed by atoms with van der Waals surface area (Å²) >= 11 is 0. The molecule has 2 atom stereocenters. The number of hydrogen-bond donors (Lipinski definition) is 2. The molecule has 1 aliphatic heterocycles. The molecule has 1 saturated heterocycles. The monoisotopic (exact) mass is 487 g/mol. The standard InChI is InChI=1S/C22H35N3O2.C2HF3O2/c1-22(2,3)27-21(26)23-20-10-9-19(15-20)17-25-13-11-24(12-14-25)16-18-7-5-4-6-8-18;3-2(4,5)1(6)7/h4-8,19-20H,9-17H2,1-3H3,(H,23,26);(H,6,7). The molecule has 10 heteroatoms. The molecule has 1 aromatic rings. The molecule has 1 aromatic carbocycles. The van der Waals surface area contributed by atoms with Gasteiger partial charge in [0.05, 0.1) is 0 Å². The third-order valence-corrected chi connectivity index (χ3v) is 5.73. The molecule has 7 nitrogen and oxygen atoms in total. The van der Waals surface area contributed by atoms with Crippen LogP contribution in [0.15, 0.2) is 30.3 Å². The van der Waals surface area contributed by atoms with Crippen LogP contribution in [-0.2, 0) is 16.1 Å². The maximum atomic E-state index is 11.9. The van der Waals surface area contributed by atoms with Gasteiger partial charge in [-0.05, 0) is 51.5 Å². The molecule has 34 heavy (non-hydrogen) atoms. The summed E-state index contributed by atoms with van der Waals surface area (Å²) in [5.41, 5.74) is 0.972. The zero-order valence-corrected chi connectivity index (χ0v) is 20.1. The zero-order chi connectivity index (χ0) is 25.4. The minimum absolute atomic E-state index is 0.268. The highest BCUT2D eigenvalue weighted by Crippen LogP contribution is 2.27. The smallest absolute Gasteiger partial charge is 0.475 e. The number of carboxylic acids is 1. The zero-order valence-electron chi connectivity index (χ0n) is 20.1. The summed E-state index contributed by atoms with van der Waals surface area (Å²) in [6.07, 6.45) is -2.02. The predicted molar refractivity (Wildman–Crippen MR) is 122 cm³/mol. The number of carbonyl (C=O) groups is 2. The topological polar surface area (TPSA) is 82.1 Å². The van der Waals surface area contributed by atoms with Crippen LogP contribution in [0.25, 0.3) is 0 Å². The highest BCUT2D eigenvalue weighted by atomic mass is 19.4. The first-order valence-electron chi connectivity index (χ1n) is 11.6. The van der Waals surface area contributed by atoms with Crippen molar-refractivity contribution in [2.45, 2.75) is 64.4 Å². The molecule has 1 heterocycles. The van der Waals surface area contributed by atoms with E-state index in [-0.39, 0.29) is 12.1 Å². The summed E-state index contributed by atoms with van der Waals surface area (Å²) in [6.45, 7) is 12.5. The van der Waals surface area contributed by atoms with Gasteiger partial charge in [-0.2, -0.15) is 13.2 Å². The van der Waals surface area contributed by atoms with Crippen LogP contribution in [-0.4, -0.2) is 77.5 Å². The van der Waals surface area contributed by atoms with Crippen LogP contribution in [0.2, 0.25) is 0 Å². The summed E-state index contributed by atoms with van der Waals surface area (Å²) in [4.78, 5) is 26.0. The molecule has 1 saturated carbocycles. The fourth-order valence-corrected chi connectivity index (χ4v) is 4.18. The van der Waals surface area contributed by atoms with Crippen molar-refractivity contribution in [2.24, 2.45) is 5.92 Å². The Morgan fingerprint density at radius 1 is 1.03 bits per heavy atom. The van der Waals surface area contributed by atoms with Crippen LogP contribution in [0.4, 0.5) is 18.0 Å². The summed E-state index contributed by atoms with van der Waals surface area (Å²) in [5, 5.41) is 10.2. The van der Waals surface area contributed by atoms with Crippen molar-refractivity contribution in [1.82, 2.24) is 15.1 Å². The van der Waals surface area contributed by atoms with Crippen molar-refractivity contribution in [3.05, 3.63) is 35.9 Å². The van der Waals surface area contributed by atoms with Crippen LogP contribution in [0.5, 0.6) is 0 Å². The molecular weight excluding hydrogens is 451 g/mol. The van der Waals surface area contributed by atoms with E-state index >= 15 is 0 Å². The van der Waals surface area contributed by atoms with Gasteiger partial charge in [-0.1, -0.05) is 30.3 Å².